The second-order valence-corrected chi connectivity index (χ2v) is 6.75. The number of hydrogen-bond donors (Lipinski definition) is 2. The Morgan fingerprint density at radius 1 is 1.23 bits per heavy atom. The van der Waals surface area contributed by atoms with Crippen LogP contribution in [-0.4, -0.2) is 29.3 Å². The fraction of sp³-hybridized carbons (Fsp3) is 0.467. The monoisotopic (exact) mass is 347 g/mol. The third-order valence-corrected chi connectivity index (χ3v) is 3.11. The van der Waals surface area contributed by atoms with Gasteiger partial charge >= 0.3 is 12.1 Å². The number of carbonyl (C=O) groups excluding carboxylic acids is 1. The molecule has 0 saturated carbocycles. The van der Waals surface area contributed by atoms with E-state index in [1.165, 1.54) is 0 Å². The molecule has 0 aromatic heterocycles. The fourth-order valence-corrected chi connectivity index (χ4v) is 2.39. The molecule has 0 saturated heterocycles. The SMILES string of the molecule is CC(C)(C)OC(=O)NCC(CC(=O)O)c1cc(Cl)cc(Cl)c1. The maximum Gasteiger partial charge on any atom is 0.407 e. The number of hydrogen-bond acceptors (Lipinski definition) is 3. The van der Waals surface area contributed by atoms with Gasteiger partial charge in [-0.25, -0.2) is 4.79 Å². The van der Waals surface area contributed by atoms with Gasteiger partial charge in [0.2, 0.25) is 0 Å². The number of ether oxygens (including phenoxy) is 1. The molecular weight excluding hydrogens is 329 g/mol. The highest BCUT2D eigenvalue weighted by molar-refractivity contribution is 6.34. The van der Waals surface area contributed by atoms with Crippen LogP contribution in [0.15, 0.2) is 18.2 Å². The van der Waals surface area contributed by atoms with E-state index in [1.807, 2.05) is 0 Å². The highest BCUT2D eigenvalue weighted by Crippen LogP contribution is 2.26. The van der Waals surface area contributed by atoms with Crippen molar-refractivity contribution >= 4 is 35.3 Å². The van der Waals surface area contributed by atoms with Gasteiger partial charge in [0.25, 0.3) is 0 Å². The van der Waals surface area contributed by atoms with Crippen LogP contribution < -0.4 is 5.32 Å². The summed E-state index contributed by atoms with van der Waals surface area (Å²) in [6.07, 6.45) is -0.761. The van der Waals surface area contributed by atoms with Crippen LogP contribution >= 0.6 is 23.2 Å². The highest BCUT2D eigenvalue weighted by Gasteiger charge is 2.20. The Kier molecular flexibility index (Phi) is 6.50. The number of halogens is 2. The molecule has 5 nitrogen and oxygen atoms in total. The molecule has 0 heterocycles. The minimum absolute atomic E-state index is 0.109. The molecule has 0 aliphatic heterocycles. The first-order valence-corrected chi connectivity index (χ1v) is 7.47. The third-order valence-electron chi connectivity index (χ3n) is 2.67. The third kappa shape index (κ3) is 7.00. The zero-order chi connectivity index (χ0) is 16.9. The van der Waals surface area contributed by atoms with Crippen molar-refractivity contribution < 1.29 is 19.4 Å². The molecule has 0 fully saturated rings. The molecule has 1 amide bonds. The minimum atomic E-state index is -0.980. The van der Waals surface area contributed by atoms with Gasteiger partial charge in [0, 0.05) is 22.5 Å². The zero-order valence-electron chi connectivity index (χ0n) is 12.7. The minimum Gasteiger partial charge on any atom is -0.481 e. The van der Waals surface area contributed by atoms with Crippen molar-refractivity contribution in [3.63, 3.8) is 0 Å². The van der Waals surface area contributed by atoms with Gasteiger partial charge in [-0.1, -0.05) is 23.2 Å². The Hall–Kier alpha value is -1.46. The van der Waals surface area contributed by atoms with E-state index < -0.39 is 23.6 Å². The number of amides is 1. The normalized spacial score (nSPS) is 12.6. The van der Waals surface area contributed by atoms with Gasteiger partial charge < -0.3 is 15.2 Å². The van der Waals surface area contributed by atoms with Gasteiger partial charge in [-0.05, 0) is 44.5 Å². The van der Waals surface area contributed by atoms with Crippen LogP contribution in [-0.2, 0) is 9.53 Å². The van der Waals surface area contributed by atoms with Crippen molar-refractivity contribution in [2.45, 2.75) is 38.7 Å². The van der Waals surface area contributed by atoms with E-state index in [1.54, 1.807) is 39.0 Å². The van der Waals surface area contributed by atoms with E-state index in [2.05, 4.69) is 5.32 Å². The summed E-state index contributed by atoms with van der Waals surface area (Å²) in [7, 11) is 0. The van der Waals surface area contributed by atoms with E-state index in [9.17, 15) is 9.59 Å². The molecular formula is C15H19Cl2NO4. The number of benzene rings is 1. The van der Waals surface area contributed by atoms with Gasteiger partial charge in [0.05, 0.1) is 6.42 Å². The van der Waals surface area contributed by atoms with Crippen molar-refractivity contribution in [3.8, 4) is 0 Å². The number of carbonyl (C=O) groups is 2. The van der Waals surface area contributed by atoms with Crippen LogP contribution in [0.1, 0.15) is 38.7 Å². The molecule has 7 heteroatoms. The summed E-state index contributed by atoms with van der Waals surface area (Å²) in [5.41, 5.74) is 0.0297. The van der Waals surface area contributed by atoms with Gasteiger partial charge in [-0.2, -0.15) is 0 Å². The number of alkyl carbamates (subject to hydrolysis) is 1. The molecule has 0 aliphatic carbocycles. The van der Waals surface area contributed by atoms with Gasteiger partial charge in [-0.3, -0.25) is 4.79 Å². The fourth-order valence-electron chi connectivity index (χ4n) is 1.85. The van der Waals surface area contributed by atoms with Crippen LogP contribution in [0.4, 0.5) is 4.79 Å². The number of aliphatic carboxylic acids is 1. The molecule has 122 valence electrons. The van der Waals surface area contributed by atoms with Crippen LogP contribution in [0.25, 0.3) is 0 Å². The topological polar surface area (TPSA) is 75.6 Å². The molecule has 1 aromatic carbocycles. The van der Waals surface area contributed by atoms with E-state index in [0.29, 0.717) is 15.6 Å². The molecule has 2 N–H and O–H groups in total. The van der Waals surface area contributed by atoms with Crippen molar-refractivity contribution in [3.05, 3.63) is 33.8 Å². The smallest absolute Gasteiger partial charge is 0.407 e. The highest BCUT2D eigenvalue weighted by atomic mass is 35.5. The first-order valence-electron chi connectivity index (χ1n) is 6.71. The standard InChI is InChI=1S/C15H19Cl2NO4/c1-15(2,3)22-14(21)18-8-10(6-13(19)20)9-4-11(16)7-12(17)5-9/h4-5,7,10H,6,8H2,1-3H3,(H,18,21)(H,19,20). The van der Waals surface area contributed by atoms with Crippen molar-refractivity contribution in [1.29, 1.82) is 0 Å². The van der Waals surface area contributed by atoms with E-state index in [-0.39, 0.29) is 13.0 Å². The maximum atomic E-state index is 11.7. The Balaban J connectivity index is 2.81. The van der Waals surface area contributed by atoms with E-state index in [0.717, 1.165) is 0 Å². The Morgan fingerprint density at radius 3 is 2.23 bits per heavy atom. The molecule has 1 atom stereocenters. The van der Waals surface area contributed by atoms with Crippen LogP contribution in [0, 0.1) is 0 Å². The largest absolute Gasteiger partial charge is 0.481 e. The van der Waals surface area contributed by atoms with Crippen molar-refractivity contribution in [2.24, 2.45) is 0 Å². The quantitative estimate of drug-likeness (QED) is 0.841. The molecule has 1 aromatic rings. The molecule has 0 spiro atoms. The van der Waals surface area contributed by atoms with Crippen LogP contribution in [0.3, 0.4) is 0 Å². The van der Waals surface area contributed by atoms with Crippen molar-refractivity contribution in [2.75, 3.05) is 6.54 Å². The number of carboxylic acids is 1. The Labute approximate surface area is 139 Å². The lowest BCUT2D eigenvalue weighted by Crippen LogP contribution is -2.35. The summed E-state index contributed by atoms with van der Waals surface area (Å²) in [6.45, 7) is 5.35. The van der Waals surface area contributed by atoms with Crippen LogP contribution in [0.2, 0.25) is 10.0 Å². The lowest BCUT2D eigenvalue weighted by atomic mass is 9.95. The van der Waals surface area contributed by atoms with Gasteiger partial charge in [-0.15, -0.1) is 0 Å². The summed E-state index contributed by atoms with van der Waals surface area (Å²) in [5.74, 6) is -1.44. The van der Waals surface area contributed by atoms with Crippen molar-refractivity contribution in [1.82, 2.24) is 5.32 Å². The lowest BCUT2D eigenvalue weighted by molar-refractivity contribution is -0.137. The zero-order valence-corrected chi connectivity index (χ0v) is 14.2. The second-order valence-electron chi connectivity index (χ2n) is 5.88. The summed E-state index contributed by atoms with van der Waals surface area (Å²) < 4.78 is 5.13. The molecule has 1 unspecified atom stereocenters. The predicted molar refractivity (Wildman–Crippen MR) is 85.7 cm³/mol. The lowest BCUT2D eigenvalue weighted by Gasteiger charge is -2.22. The summed E-state index contributed by atoms with van der Waals surface area (Å²) in [5, 5.41) is 12.4. The number of carboxylic acid groups (broad SMARTS) is 1. The van der Waals surface area contributed by atoms with E-state index >= 15 is 0 Å². The summed E-state index contributed by atoms with van der Waals surface area (Å²) in [6, 6.07) is 4.83. The van der Waals surface area contributed by atoms with E-state index in [4.69, 9.17) is 33.0 Å². The Morgan fingerprint density at radius 2 is 1.77 bits per heavy atom. The molecule has 1 rings (SSSR count). The first-order chi connectivity index (χ1) is 10.1. The number of rotatable bonds is 5. The number of nitrogens with one attached hydrogen (secondary N) is 1. The molecule has 0 aliphatic rings. The summed E-state index contributed by atoms with van der Waals surface area (Å²) >= 11 is 11.9. The average Bonchev–Trinajstić information content (AvgIpc) is 2.30. The Bertz CT molecular complexity index is 535. The predicted octanol–water partition coefficient (Wildman–Crippen LogP) is 4.08. The van der Waals surface area contributed by atoms with Crippen LogP contribution in [0.5, 0.6) is 0 Å². The van der Waals surface area contributed by atoms with Gasteiger partial charge in [0.1, 0.15) is 5.60 Å². The van der Waals surface area contributed by atoms with Gasteiger partial charge in [0.15, 0.2) is 0 Å². The molecule has 22 heavy (non-hydrogen) atoms. The first kappa shape index (κ1) is 18.6. The maximum absolute atomic E-state index is 11.7. The summed E-state index contributed by atoms with van der Waals surface area (Å²) in [4.78, 5) is 22.7. The second kappa shape index (κ2) is 7.70. The average molecular weight is 348 g/mol. The molecule has 0 bridgehead atoms. The molecule has 0 radical (unpaired) electrons.